The van der Waals surface area contributed by atoms with Crippen LogP contribution in [0.15, 0.2) is 79.9 Å². The predicted molar refractivity (Wildman–Crippen MR) is 241 cm³/mol. The third-order valence-corrected chi connectivity index (χ3v) is 13.1. The molecule has 0 aliphatic rings. The molecule has 2 aromatic rings. The van der Waals surface area contributed by atoms with Gasteiger partial charge in [-0.05, 0) is 91.5 Å². The van der Waals surface area contributed by atoms with E-state index < -0.39 is 61.9 Å². The molecular weight excluding hydrogens is 816 g/mol. The van der Waals surface area contributed by atoms with Gasteiger partial charge in [0.05, 0.1) is 6.42 Å². The predicted octanol–water partition coefficient (Wildman–Crippen LogP) is 6.44. The maximum atomic E-state index is 14.1. The van der Waals surface area contributed by atoms with Crippen molar-refractivity contribution in [2.45, 2.75) is 131 Å². The highest BCUT2D eigenvalue weighted by molar-refractivity contribution is 7.61. The van der Waals surface area contributed by atoms with Crippen LogP contribution in [0, 0.1) is 5.92 Å². The number of rotatable bonds is 27. The van der Waals surface area contributed by atoms with E-state index in [-0.39, 0.29) is 57.0 Å². The van der Waals surface area contributed by atoms with Gasteiger partial charge in [0.15, 0.2) is 0 Å². The Morgan fingerprint density at radius 2 is 1.24 bits per heavy atom. The summed E-state index contributed by atoms with van der Waals surface area (Å²) < 4.78 is 33.9. The third kappa shape index (κ3) is 16.9. The molecule has 16 nitrogen and oxygen atoms in total. The van der Waals surface area contributed by atoms with E-state index in [2.05, 4.69) is 44.0 Å². The Morgan fingerprint density at radius 3 is 1.76 bits per heavy atom. The van der Waals surface area contributed by atoms with Crippen LogP contribution in [-0.2, 0) is 50.7 Å². The van der Waals surface area contributed by atoms with E-state index in [0.717, 1.165) is 5.56 Å². The highest BCUT2D eigenvalue weighted by Crippen LogP contribution is 2.70. The number of nitrogens with zero attached hydrogens (tertiary/aromatic N) is 2. The highest BCUT2D eigenvalue weighted by Gasteiger charge is 2.61. The Morgan fingerprint density at radius 1 is 0.677 bits per heavy atom. The fourth-order valence-electron chi connectivity index (χ4n) is 6.63. The fourth-order valence-corrected chi connectivity index (χ4v) is 10.5. The van der Waals surface area contributed by atoms with Crippen LogP contribution < -0.4 is 26.2 Å². The molecule has 0 aliphatic heterocycles. The van der Waals surface area contributed by atoms with Crippen molar-refractivity contribution in [2.24, 2.45) is 5.92 Å². The van der Waals surface area contributed by atoms with Gasteiger partial charge >= 0.3 is 26.0 Å². The summed E-state index contributed by atoms with van der Waals surface area (Å²) >= 11 is 0. The van der Waals surface area contributed by atoms with Crippen LogP contribution in [0.5, 0.6) is 5.75 Å². The number of ether oxygens (including phenoxy) is 3. The largest absolute Gasteiger partial charge is 0.460 e. The maximum Gasteiger partial charge on any atom is 0.437 e. The molecule has 2 rings (SSSR count). The van der Waals surface area contributed by atoms with Crippen LogP contribution in [0.2, 0.25) is 0 Å². The maximum absolute atomic E-state index is 14.1. The van der Waals surface area contributed by atoms with E-state index in [1.807, 2.05) is 85.7 Å². The standard InChI is InChI=1S/C45H69N6O10P/c1-14-25-57-44(55)35(13)46-42(53)39(29-60-62(59-26-15-2,50(31(5)6)32(7)8)51(33(9)10)34(11)12)47-43(54)41(30(3)4)48-49-45(56)58-28-37-21-23-38(24-22-37)61-40(52)27-36-19-17-16-18-20-36/h14-24,30-35,39,41,48H,1-2,25-29H2,3-13H3,(H2-,46,47,49,53,54,56)/p+1/t35-,39-,41-/m0/s1. The summed E-state index contributed by atoms with van der Waals surface area (Å²) in [6, 6.07) is 12.0. The van der Waals surface area contributed by atoms with Crippen LogP contribution in [-0.4, -0.2) is 101 Å². The molecule has 2 aromatic carbocycles. The zero-order valence-corrected chi connectivity index (χ0v) is 39.2. The molecule has 0 radical (unpaired) electrons. The molecule has 4 N–H and O–H groups in total. The lowest BCUT2D eigenvalue weighted by Gasteiger charge is -2.45. The Balaban J connectivity index is 2.30. The summed E-state index contributed by atoms with van der Waals surface area (Å²) in [5.41, 5.74) is 6.61. The average Bonchev–Trinajstić information content (AvgIpc) is 3.19. The quantitative estimate of drug-likeness (QED) is 0.0253. The van der Waals surface area contributed by atoms with Crippen LogP contribution in [0.1, 0.15) is 87.3 Å². The summed E-state index contributed by atoms with van der Waals surface area (Å²) in [4.78, 5) is 66.0. The van der Waals surface area contributed by atoms with Gasteiger partial charge in [-0.3, -0.25) is 19.8 Å². The lowest BCUT2D eigenvalue weighted by molar-refractivity contribution is -0.146. The Kier molecular flexibility index (Phi) is 23.0. The van der Waals surface area contributed by atoms with Crippen molar-refractivity contribution in [3.8, 4) is 5.75 Å². The fraction of sp³-hybridized carbons (Fsp3) is 0.533. The second-order valence-corrected chi connectivity index (χ2v) is 18.5. The van der Waals surface area contributed by atoms with E-state index in [9.17, 15) is 24.0 Å². The summed E-state index contributed by atoms with van der Waals surface area (Å²) in [5.74, 6) is -2.52. The van der Waals surface area contributed by atoms with Gasteiger partial charge in [0.25, 0.3) is 0 Å². The Hall–Kier alpha value is -4.70. The number of carbonyl (C=O) groups is 5. The van der Waals surface area contributed by atoms with Crippen LogP contribution in [0.25, 0.3) is 0 Å². The molecule has 0 spiro atoms. The van der Waals surface area contributed by atoms with Crippen LogP contribution in [0.4, 0.5) is 4.79 Å². The monoisotopic (exact) mass is 885 g/mol. The molecule has 0 aliphatic carbocycles. The molecule has 0 unspecified atom stereocenters. The molecule has 17 heteroatoms. The third-order valence-electron chi connectivity index (χ3n) is 9.15. The van der Waals surface area contributed by atoms with Gasteiger partial charge in [0.2, 0.25) is 11.8 Å². The molecule has 0 heterocycles. The van der Waals surface area contributed by atoms with Gasteiger partial charge in [0, 0.05) is 24.2 Å². The SMILES string of the molecule is C=CCOC(=O)[C@H](C)NC(=O)[C@H](CO[P+](OCC=C)(N(C(C)C)C(C)C)N(C(C)C)C(C)C)NC(=O)[C@@H](NNC(=O)OCc1ccc(OC(=O)Cc2ccccc2)cc1)C(C)C. The van der Waals surface area contributed by atoms with Crippen LogP contribution >= 0.6 is 8.02 Å². The van der Waals surface area contributed by atoms with Gasteiger partial charge in [0.1, 0.15) is 50.3 Å². The summed E-state index contributed by atoms with van der Waals surface area (Å²) in [6.45, 7) is 28.3. The van der Waals surface area contributed by atoms with E-state index >= 15 is 0 Å². The zero-order valence-electron chi connectivity index (χ0n) is 38.3. The van der Waals surface area contributed by atoms with Crippen molar-refractivity contribution < 1.29 is 47.2 Å². The molecule has 344 valence electrons. The molecule has 0 saturated carbocycles. The molecule has 3 atom stereocenters. The van der Waals surface area contributed by atoms with Crippen LogP contribution in [0.3, 0.4) is 0 Å². The van der Waals surface area contributed by atoms with Crippen molar-refractivity contribution >= 4 is 37.9 Å². The molecule has 0 aromatic heterocycles. The van der Waals surface area contributed by atoms with Gasteiger partial charge in [-0.15, -0.1) is 15.9 Å². The highest BCUT2D eigenvalue weighted by atomic mass is 31.2. The second kappa shape index (κ2) is 26.7. The molecule has 0 bridgehead atoms. The minimum Gasteiger partial charge on any atom is -0.460 e. The van der Waals surface area contributed by atoms with Crippen molar-refractivity contribution in [3.63, 3.8) is 0 Å². The van der Waals surface area contributed by atoms with Crippen molar-refractivity contribution in [1.82, 2.24) is 30.8 Å². The number of esters is 2. The number of hydrogen-bond donors (Lipinski definition) is 4. The smallest absolute Gasteiger partial charge is 0.437 e. The number of carbonyl (C=O) groups excluding carboxylic acids is 5. The van der Waals surface area contributed by atoms with E-state index in [1.165, 1.54) is 13.0 Å². The molecule has 3 amide bonds. The average molecular weight is 886 g/mol. The van der Waals surface area contributed by atoms with Gasteiger partial charge < -0.3 is 24.8 Å². The first-order chi connectivity index (χ1) is 29.3. The first-order valence-corrected chi connectivity index (χ1v) is 22.6. The Labute approximate surface area is 369 Å². The lowest BCUT2D eigenvalue weighted by atomic mass is 10.0. The summed E-state index contributed by atoms with van der Waals surface area (Å²) in [6.07, 6.45) is 2.30. The Bertz CT molecular complexity index is 1710. The van der Waals surface area contributed by atoms with Crippen molar-refractivity contribution in [2.75, 3.05) is 19.8 Å². The molecular formula is C45H70N6O10P+. The van der Waals surface area contributed by atoms with Gasteiger partial charge in [-0.25, -0.2) is 15.0 Å². The van der Waals surface area contributed by atoms with Crippen molar-refractivity contribution in [3.05, 3.63) is 91.0 Å². The van der Waals surface area contributed by atoms with E-state index in [4.69, 9.17) is 23.3 Å². The molecule has 0 saturated heterocycles. The summed E-state index contributed by atoms with van der Waals surface area (Å²) in [7, 11) is -3.24. The number of hydrogen-bond acceptors (Lipinski definition) is 13. The normalized spacial score (nSPS) is 13.3. The molecule has 0 fully saturated rings. The van der Waals surface area contributed by atoms with E-state index in [1.54, 1.807) is 44.2 Å². The van der Waals surface area contributed by atoms with Crippen molar-refractivity contribution in [1.29, 1.82) is 0 Å². The number of benzene rings is 2. The first-order valence-electron chi connectivity index (χ1n) is 21.0. The molecule has 62 heavy (non-hydrogen) atoms. The first kappa shape index (κ1) is 53.4. The lowest BCUT2D eigenvalue weighted by Crippen LogP contribution is -2.60. The topological polar surface area (TPSA) is 186 Å². The minimum atomic E-state index is -3.24. The minimum absolute atomic E-state index is 0.0490. The number of amides is 3. The van der Waals surface area contributed by atoms with Gasteiger partial charge in [-0.2, -0.15) is 9.05 Å². The zero-order chi connectivity index (χ0) is 46.6. The number of hydrazine groups is 1. The second-order valence-electron chi connectivity index (χ2n) is 16.1. The van der Waals surface area contributed by atoms with E-state index in [0.29, 0.717) is 11.3 Å². The van der Waals surface area contributed by atoms with Gasteiger partial charge in [-0.1, -0.05) is 75.0 Å². The summed E-state index contributed by atoms with van der Waals surface area (Å²) in [5, 5.41) is 5.44. The number of nitrogens with one attached hydrogen (secondary N) is 4.